The summed E-state index contributed by atoms with van der Waals surface area (Å²) in [6.45, 7) is 3.32. The van der Waals surface area contributed by atoms with Crippen molar-refractivity contribution in [3.63, 3.8) is 0 Å². The Morgan fingerprint density at radius 3 is 2.50 bits per heavy atom. The van der Waals surface area contributed by atoms with Crippen LogP contribution >= 0.6 is 0 Å². The molecule has 1 aromatic rings. The van der Waals surface area contributed by atoms with E-state index >= 15 is 0 Å². The Bertz CT molecular complexity index is 488. The van der Waals surface area contributed by atoms with Crippen molar-refractivity contribution < 1.29 is 14.6 Å². The highest BCUT2D eigenvalue weighted by Gasteiger charge is 2.43. The second-order valence-corrected chi connectivity index (χ2v) is 6.06. The molecule has 0 saturated carbocycles. The number of aliphatic hydroxyl groups excluding tert-OH is 1. The van der Waals surface area contributed by atoms with Crippen LogP contribution in [-0.4, -0.2) is 48.1 Å². The fourth-order valence-electron chi connectivity index (χ4n) is 3.86. The number of aliphatic hydroxyl groups is 1. The molecular weight excluding hydrogens is 254 g/mol. The fourth-order valence-corrected chi connectivity index (χ4v) is 3.86. The zero-order valence-electron chi connectivity index (χ0n) is 11.6. The van der Waals surface area contributed by atoms with E-state index in [1.54, 1.807) is 0 Å². The van der Waals surface area contributed by atoms with Crippen LogP contribution < -0.4 is 0 Å². The van der Waals surface area contributed by atoms with Crippen molar-refractivity contribution >= 4 is 0 Å². The van der Waals surface area contributed by atoms with Crippen LogP contribution in [0.5, 0.6) is 0 Å². The van der Waals surface area contributed by atoms with E-state index in [1.165, 1.54) is 5.56 Å². The van der Waals surface area contributed by atoms with Gasteiger partial charge in [-0.2, -0.15) is 0 Å². The minimum Gasteiger partial charge on any atom is -0.387 e. The summed E-state index contributed by atoms with van der Waals surface area (Å²) < 4.78 is 11.5. The van der Waals surface area contributed by atoms with Gasteiger partial charge in [-0.3, -0.25) is 4.90 Å². The zero-order valence-corrected chi connectivity index (χ0v) is 11.6. The van der Waals surface area contributed by atoms with Crippen LogP contribution in [0, 0.1) is 0 Å². The van der Waals surface area contributed by atoms with Gasteiger partial charge in [0, 0.05) is 32.0 Å². The third kappa shape index (κ3) is 1.99. The molecule has 20 heavy (non-hydrogen) atoms. The molecule has 1 aromatic carbocycles. The van der Waals surface area contributed by atoms with Crippen molar-refractivity contribution in [2.45, 2.75) is 37.2 Å². The molecule has 0 aromatic heterocycles. The lowest BCUT2D eigenvalue weighted by Crippen LogP contribution is -2.50. The quantitative estimate of drug-likeness (QED) is 0.843. The summed E-state index contributed by atoms with van der Waals surface area (Å²) in [4.78, 5) is 2.40. The van der Waals surface area contributed by atoms with Crippen LogP contribution in [0.4, 0.5) is 0 Å². The van der Waals surface area contributed by atoms with Crippen LogP contribution in [0.1, 0.15) is 30.1 Å². The average molecular weight is 275 g/mol. The van der Waals surface area contributed by atoms with Gasteiger partial charge in [0.25, 0.3) is 0 Å². The van der Waals surface area contributed by atoms with Gasteiger partial charge in [-0.25, -0.2) is 0 Å². The average Bonchev–Trinajstić information content (AvgIpc) is 3.07. The lowest BCUT2D eigenvalue weighted by molar-refractivity contribution is -0.190. The van der Waals surface area contributed by atoms with Gasteiger partial charge in [0.2, 0.25) is 0 Å². The summed E-state index contributed by atoms with van der Waals surface area (Å²) in [6.07, 6.45) is 2.41. The molecule has 0 radical (unpaired) electrons. The fraction of sp³-hybridized carbons (Fsp3) is 0.625. The summed E-state index contributed by atoms with van der Waals surface area (Å²) in [5, 5.41) is 10.5. The smallest absolute Gasteiger partial charge is 0.170 e. The first-order valence-corrected chi connectivity index (χ1v) is 7.55. The molecule has 2 unspecified atom stereocenters. The van der Waals surface area contributed by atoms with E-state index in [0.717, 1.165) is 51.1 Å². The molecule has 0 bridgehead atoms. The van der Waals surface area contributed by atoms with E-state index in [1.807, 2.05) is 6.07 Å². The number of hydrogen-bond donors (Lipinski definition) is 1. The lowest BCUT2D eigenvalue weighted by Gasteiger charge is -2.41. The predicted molar refractivity (Wildman–Crippen MR) is 74.3 cm³/mol. The molecule has 2 heterocycles. The highest BCUT2D eigenvalue weighted by molar-refractivity contribution is 5.36. The third-order valence-corrected chi connectivity index (χ3v) is 5.01. The number of piperidine rings is 1. The van der Waals surface area contributed by atoms with Crippen LogP contribution in [0.15, 0.2) is 24.3 Å². The normalized spacial score (nSPS) is 32.6. The number of benzene rings is 1. The number of nitrogens with zero attached hydrogens (tertiary/aromatic N) is 1. The van der Waals surface area contributed by atoms with Gasteiger partial charge >= 0.3 is 0 Å². The number of fused-ring (bicyclic) bond motifs is 1. The van der Waals surface area contributed by atoms with Gasteiger partial charge in [0.15, 0.2) is 5.79 Å². The Morgan fingerprint density at radius 1 is 1.10 bits per heavy atom. The topological polar surface area (TPSA) is 41.9 Å². The van der Waals surface area contributed by atoms with Gasteiger partial charge in [-0.1, -0.05) is 24.3 Å². The van der Waals surface area contributed by atoms with E-state index < -0.39 is 0 Å². The largest absolute Gasteiger partial charge is 0.387 e. The monoisotopic (exact) mass is 275 g/mol. The van der Waals surface area contributed by atoms with Crippen LogP contribution in [0.2, 0.25) is 0 Å². The standard InChI is InChI=1S/C16H21NO3/c18-15-13-4-2-1-3-12(13)11-14(15)17-7-5-16(6-8-17)19-9-10-20-16/h1-4,14-15,18H,5-11H2. The molecule has 4 heteroatoms. The number of hydrogen-bond acceptors (Lipinski definition) is 4. The van der Waals surface area contributed by atoms with Crippen molar-refractivity contribution in [1.29, 1.82) is 0 Å². The van der Waals surface area contributed by atoms with Crippen LogP contribution in [-0.2, 0) is 15.9 Å². The van der Waals surface area contributed by atoms with Crippen molar-refractivity contribution in [3.8, 4) is 0 Å². The number of ether oxygens (including phenoxy) is 2. The summed E-state index contributed by atoms with van der Waals surface area (Å²) in [6, 6.07) is 8.46. The van der Waals surface area contributed by atoms with Gasteiger partial charge in [-0.15, -0.1) is 0 Å². The number of rotatable bonds is 1. The SMILES string of the molecule is OC1c2ccccc2CC1N1CCC2(CC1)OCCO2. The summed E-state index contributed by atoms with van der Waals surface area (Å²) >= 11 is 0. The molecule has 3 aliphatic rings. The van der Waals surface area contributed by atoms with E-state index in [2.05, 4.69) is 23.1 Å². The number of likely N-dealkylation sites (tertiary alicyclic amines) is 1. The molecule has 4 nitrogen and oxygen atoms in total. The Labute approximate surface area is 119 Å². The third-order valence-electron chi connectivity index (χ3n) is 5.01. The Hall–Kier alpha value is -0.940. The minimum absolute atomic E-state index is 0.214. The van der Waals surface area contributed by atoms with Crippen LogP contribution in [0.3, 0.4) is 0 Å². The highest BCUT2D eigenvalue weighted by Crippen LogP contribution is 2.38. The summed E-state index contributed by atoms with van der Waals surface area (Å²) in [7, 11) is 0. The lowest BCUT2D eigenvalue weighted by atomic mass is 10.00. The molecule has 2 saturated heterocycles. The molecule has 4 rings (SSSR count). The Kier molecular flexibility index (Phi) is 3.07. The predicted octanol–water partition coefficient (Wildman–Crippen LogP) is 1.48. The van der Waals surface area contributed by atoms with Crippen molar-refractivity contribution in [2.75, 3.05) is 26.3 Å². The first-order chi connectivity index (χ1) is 9.77. The molecule has 1 spiro atoms. The van der Waals surface area contributed by atoms with Crippen molar-refractivity contribution in [3.05, 3.63) is 35.4 Å². The maximum Gasteiger partial charge on any atom is 0.170 e. The van der Waals surface area contributed by atoms with Crippen LogP contribution in [0.25, 0.3) is 0 Å². The maximum absolute atomic E-state index is 10.5. The summed E-state index contributed by atoms with van der Waals surface area (Å²) in [5.74, 6) is -0.326. The molecule has 2 atom stereocenters. The molecule has 2 aliphatic heterocycles. The molecule has 1 N–H and O–H groups in total. The molecule has 2 fully saturated rings. The van der Waals surface area contributed by atoms with Gasteiger partial charge in [0.1, 0.15) is 0 Å². The highest BCUT2D eigenvalue weighted by atomic mass is 16.7. The van der Waals surface area contributed by atoms with E-state index in [-0.39, 0.29) is 17.9 Å². The van der Waals surface area contributed by atoms with Gasteiger partial charge in [-0.05, 0) is 17.5 Å². The second-order valence-electron chi connectivity index (χ2n) is 6.06. The first kappa shape index (κ1) is 12.8. The zero-order chi connectivity index (χ0) is 13.6. The minimum atomic E-state index is -0.356. The van der Waals surface area contributed by atoms with Gasteiger partial charge < -0.3 is 14.6 Å². The molecule has 1 aliphatic carbocycles. The molecular formula is C16H21NO3. The Balaban J connectivity index is 1.46. The van der Waals surface area contributed by atoms with Crippen molar-refractivity contribution in [2.24, 2.45) is 0 Å². The molecule has 0 amide bonds. The van der Waals surface area contributed by atoms with Crippen molar-refractivity contribution in [1.82, 2.24) is 4.90 Å². The van der Waals surface area contributed by atoms with Gasteiger partial charge in [0.05, 0.1) is 19.3 Å². The van der Waals surface area contributed by atoms with E-state index in [9.17, 15) is 5.11 Å². The second kappa shape index (κ2) is 4.81. The molecule has 108 valence electrons. The van der Waals surface area contributed by atoms with E-state index in [0.29, 0.717) is 0 Å². The first-order valence-electron chi connectivity index (χ1n) is 7.55. The maximum atomic E-state index is 10.5. The summed E-state index contributed by atoms with van der Waals surface area (Å²) in [5.41, 5.74) is 2.39. The Morgan fingerprint density at radius 2 is 1.80 bits per heavy atom. The van der Waals surface area contributed by atoms with E-state index in [4.69, 9.17) is 9.47 Å².